The Morgan fingerprint density at radius 1 is 1.24 bits per heavy atom. The van der Waals surface area contributed by atoms with E-state index in [0.717, 1.165) is 23.7 Å². The second-order valence-corrected chi connectivity index (χ2v) is 6.92. The van der Waals surface area contributed by atoms with Crippen molar-refractivity contribution in [1.29, 1.82) is 0 Å². The standard InChI is InChI=1S/C17H13F4N3O4S/c1-3-28-14(26)7-24-10-4-8(9(18)5-12(10)29-16(24)27)15-11(25)6-13(17(19,20)21)23(2)22-15/h4-6H,3,7H2,1-2H3. The summed E-state index contributed by atoms with van der Waals surface area (Å²) >= 11 is 0.677. The molecule has 0 saturated heterocycles. The monoisotopic (exact) mass is 431 g/mol. The molecule has 0 fully saturated rings. The topological polar surface area (TPSA) is 83.2 Å². The molecule has 29 heavy (non-hydrogen) atoms. The molecule has 0 aliphatic carbocycles. The molecular formula is C17H13F4N3O4S. The van der Waals surface area contributed by atoms with Crippen molar-refractivity contribution in [3.8, 4) is 11.3 Å². The first-order valence-electron chi connectivity index (χ1n) is 8.17. The van der Waals surface area contributed by atoms with E-state index in [1.165, 1.54) is 0 Å². The first-order chi connectivity index (χ1) is 13.5. The summed E-state index contributed by atoms with van der Waals surface area (Å²) in [5.41, 5.74) is -3.23. The number of rotatable bonds is 4. The molecule has 2 heterocycles. The molecule has 0 saturated carbocycles. The molecule has 0 aliphatic rings. The predicted molar refractivity (Wildman–Crippen MR) is 96.2 cm³/mol. The third-order valence-electron chi connectivity index (χ3n) is 4.00. The second kappa shape index (κ2) is 7.43. The van der Waals surface area contributed by atoms with Gasteiger partial charge in [-0.3, -0.25) is 23.6 Å². The molecule has 7 nitrogen and oxygen atoms in total. The normalized spacial score (nSPS) is 11.8. The van der Waals surface area contributed by atoms with Crippen LogP contribution >= 0.6 is 11.3 Å². The molecule has 0 aliphatic heterocycles. The third-order valence-corrected chi connectivity index (χ3v) is 4.94. The fraction of sp³-hybridized carbons (Fsp3) is 0.294. The number of nitrogens with zero attached hydrogens (tertiary/aromatic N) is 3. The largest absolute Gasteiger partial charge is 0.465 e. The molecule has 3 aromatic rings. The quantitative estimate of drug-likeness (QED) is 0.468. The van der Waals surface area contributed by atoms with E-state index in [2.05, 4.69) is 5.10 Å². The average Bonchev–Trinajstić information content (AvgIpc) is 2.90. The van der Waals surface area contributed by atoms with E-state index in [1.807, 2.05) is 0 Å². The number of benzene rings is 1. The maximum absolute atomic E-state index is 14.6. The fourth-order valence-corrected chi connectivity index (χ4v) is 3.64. The minimum atomic E-state index is -4.81. The zero-order chi connectivity index (χ0) is 21.5. The maximum Gasteiger partial charge on any atom is 0.433 e. The summed E-state index contributed by atoms with van der Waals surface area (Å²) < 4.78 is 59.8. The summed E-state index contributed by atoms with van der Waals surface area (Å²) in [5, 5.41) is 3.57. The number of halogens is 4. The first-order valence-corrected chi connectivity index (χ1v) is 8.99. The van der Waals surface area contributed by atoms with E-state index >= 15 is 0 Å². The summed E-state index contributed by atoms with van der Waals surface area (Å²) in [6, 6.07) is 2.40. The Kier molecular flexibility index (Phi) is 5.30. The number of hydrogen-bond acceptors (Lipinski definition) is 6. The van der Waals surface area contributed by atoms with Crippen molar-refractivity contribution in [2.75, 3.05) is 6.61 Å². The number of alkyl halides is 3. The molecule has 154 valence electrons. The summed E-state index contributed by atoms with van der Waals surface area (Å²) in [6.45, 7) is 1.25. The lowest BCUT2D eigenvalue weighted by Crippen LogP contribution is -2.23. The van der Waals surface area contributed by atoms with E-state index in [-0.39, 0.29) is 22.4 Å². The van der Waals surface area contributed by atoms with Crippen LogP contribution in [0.4, 0.5) is 17.6 Å². The molecule has 3 rings (SSSR count). The van der Waals surface area contributed by atoms with Crippen molar-refractivity contribution >= 4 is 27.5 Å². The Balaban J connectivity index is 2.20. The van der Waals surface area contributed by atoms with Gasteiger partial charge >= 0.3 is 17.0 Å². The molecule has 0 unspecified atom stereocenters. The minimum absolute atomic E-state index is 0.0983. The van der Waals surface area contributed by atoms with Gasteiger partial charge in [-0.05, 0) is 19.1 Å². The average molecular weight is 431 g/mol. The number of aryl methyl sites for hydroxylation is 1. The van der Waals surface area contributed by atoms with Crippen LogP contribution < -0.4 is 10.3 Å². The number of carbonyl (C=O) groups excluding carboxylic acids is 1. The Morgan fingerprint density at radius 2 is 1.93 bits per heavy atom. The number of carbonyl (C=O) groups is 1. The fourth-order valence-electron chi connectivity index (χ4n) is 2.74. The Labute approximate surface area is 163 Å². The highest BCUT2D eigenvalue weighted by Gasteiger charge is 2.34. The summed E-state index contributed by atoms with van der Waals surface area (Å²) in [6.07, 6.45) is -4.81. The van der Waals surface area contributed by atoms with Gasteiger partial charge in [0, 0.05) is 18.7 Å². The lowest BCUT2D eigenvalue weighted by molar-refractivity contribution is -0.145. The Bertz CT molecular complexity index is 1230. The van der Waals surface area contributed by atoms with Crippen LogP contribution in [-0.2, 0) is 29.3 Å². The van der Waals surface area contributed by atoms with Gasteiger partial charge in [-0.15, -0.1) is 0 Å². The van der Waals surface area contributed by atoms with Crippen LogP contribution in [0.3, 0.4) is 0 Å². The highest BCUT2D eigenvalue weighted by molar-refractivity contribution is 7.16. The lowest BCUT2D eigenvalue weighted by Gasteiger charge is -2.12. The first kappa shape index (κ1) is 20.7. The van der Waals surface area contributed by atoms with Crippen molar-refractivity contribution in [3.63, 3.8) is 0 Å². The zero-order valence-corrected chi connectivity index (χ0v) is 15.9. The molecule has 0 spiro atoms. The van der Waals surface area contributed by atoms with Gasteiger partial charge in [-0.2, -0.15) is 18.3 Å². The third kappa shape index (κ3) is 3.92. The van der Waals surface area contributed by atoms with Crippen LogP contribution in [0.25, 0.3) is 21.5 Å². The van der Waals surface area contributed by atoms with Gasteiger partial charge in [-0.1, -0.05) is 11.3 Å². The highest BCUT2D eigenvalue weighted by atomic mass is 32.1. The van der Waals surface area contributed by atoms with Gasteiger partial charge < -0.3 is 4.74 Å². The smallest absolute Gasteiger partial charge is 0.433 e. The van der Waals surface area contributed by atoms with E-state index in [9.17, 15) is 31.9 Å². The number of fused-ring (bicyclic) bond motifs is 1. The van der Waals surface area contributed by atoms with E-state index in [1.54, 1.807) is 6.92 Å². The Morgan fingerprint density at radius 3 is 2.55 bits per heavy atom. The second-order valence-electron chi connectivity index (χ2n) is 5.92. The van der Waals surface area contributed by atoms with E-state index in [4.69, 9.17) is 4.74 Å². The van der Waals surface area contributed by atoms with Gasteiger partial charge in [0.15, 0.2) is 0 Å². The Hall–Kier alpha value is -3.02. The van der Waals surface area contributed by atoms with Crippen molar-refractivity contribution in [3.05, 3.63) is 49.6 Å². The van der Waals surface area contributed by atoms with Crippen molar-refractivity contribution in [2.24, 2.45) is 7.05 Å². The van der Waals surface area contributed by atoms with Crippen LogP contribution in [0.2, 0.25) is 0 Å². The minimum Gasteiger partial charge on any atom is -0.465 e. The number of thiazole rings is 1. The molecule has 1 aromatic carbocycles. The van der Waals surface area contributed by atoms with Crippen LogP contribution in [0, 0.1) is 5.82 Å². The van der Waals surface area contributed by atoms with Crippen LogP contribution in [0.5, 0.6) is 0 Å². The van der Waals surface area contributed by atoms with Gasteiger partial charge in [0.1, 0.15) is 23.7 Å². The number of aromatic nitrogens is 3. The van der Waals surface area contributed by atoms with Crippen molar-refractivity contribution < 1.29 is 27.1 Å². The molecule has 2 aromatic heterocycles. The zero-order valence-electron chi connectivity index (χ0n) is 15.0. The summed E-state index contributed by atoms with van der Waals surface area (Å²) in [5.74, 6) is -1.63. The maximum atomic E-state index is 14.6. The summed E-state index contributed by atoms with van der Waals surface area (Å²) in [7, 11) is 0.976. The van der Waals surface area contributed by atoms with Crippen LogP contribution in [-0.4, -0.2) is 26.9 Å². The molecule has 0 bridgehead atoms. The van der Waals surface area contributed by atoms with Crippen LogP contribution in [0.1, 0.15) is 12.6 Å². The molecular weight excluding hydrogens is 418 g/mol. The van der Waals surface area contributed by atoms with Gasteiger partial charge in [0.2, 0.25) is 5.43 Å². The SMILES string of the molecule is CCOC(=O)Cn1c(=O)sc2cc(F)c(-c3nn(C)c(C(F)(F)F)cc3=O)cc21. The summed E-state index contributed by atoms with van der Waals surface area (Å²) in [4.78, 5) is 35.5. The molecule has 0 radical (unpaired) electrons. The van der Waals surface area contributed by atoms with E-state index in [0.29, 0.717) is 22.1 Å². The number of esters is 1. The van der Waals surface area contributed by atoms with Crippen molar-refractivity contribution in [2.45, 2.75) is 19.6 Å². The van der Waals surface area contributed by atoms with Gasteiger partial charge in [0.05, 0.1) is 16.8 Å². The highest BCUT2D eigenvalue weighted by Crippen LogP contribution is 2.30. The predicted octanol–water partition coefficient (Wildman–Crippen LogP) is 2.54. The molecule has 0 N–H and O–H groups in total. The van der Waals surface area contributed by atoms with Crippen molar-refractivity contribution in [1.82, 2.24) is 14.3 Å². The lowest BCUT2D eigenvalue weighted by atomic mass is 10.1. The number of hydrogen-bond donors (Lipinski definition) is 0. The van der Waals surface area contributed by atoms with Crippen LogP contribution in [0.15, 0.2) is 27.8 Å². The van der Waals surface area contributed by atoms with Gasteiger partial charge in [0.25, 0.3) is 0 Å². The molecule has 12 heteroatoms. The van der Waals surface area contributed by atoms with Gasteiger partial charge in [-0.25, -0.2) is 4.39 Å². The molecule has 0 amide bonds. The molecule has 0 atom stereocenters. The van der Waals surface area contributed by atoms with E-state index < -0.39 is 46.2 Å². The number of ether oxygens (including phenoxy) is 1.